The van der Waals surface area contributed by atoms with Gasteiger partial charge in [0.2, 0.25) is 21.8 Å². The normalized spacial score (nSPS) is 21.0. The fourth-order valence-electron chi connectivity index (χ4n) is 7.73. The first-order valence-corrected chi connectivity index (χ1v) is 20.1. The molecule has 4 aromatic rings. The van der Waals surface area contributed by atoms with Gasteiger partial charge in [-0.25, -0.2) is 17.9 Å². The number of nitrogens with two attached hydrogens (primary N) is 1. The van der Waals surface area contributed by atoms with Crippen molar-refractivity contribution in [3.8, 4) is 11.1 Å². The molecule has 17 heteroatoms. The van der Waals surface area contributed by atoms with Crippen LogP contribution in [-0.4, -0.2) is 73.9 Å². The Bertz CT molecular complexity index is 2160. The van der Waals surface area contributed by atoms with Crippen LogP contribution in [0.1, 0.15) is 62.5 Å². The van der Waals surface area contributed by atoms with Crippen molar-refractivity contribution in [2.24, 2.45) is 17.6 Å². The van der Waals surface area contributed by atoms with Crippen molar-refractivity contribution in [3.63, 3.8) is 0 Å². The maximum atomic E-state index is 14.5. The van der Waals surface area contributed by atoms with Gasteiger partial charge >= 0.3 is 11.9 Å². The van der Waals surface area contributed by atoms with Crippen molar-refractivity contribution in [2.45, 2.75) is 87.0 Å². The molecule has 56 heavy (non-hydrogen) atoms. The smallest absolute Gasteiger partial charge is 0.344 e. The zero-order valence-corrected chi connectivity index (χ0v) is 32.9. The number of carbonyl (C=O) groups is 2. The highest BCUT2D eigenvalue weighted by atomic mass is 35.5. The molecule has 2 aliphatic rings. The molecule has 2 amide bonds. The molecule has 1 aromatic heterocycles. The van der Waals surface area contributed by atoms with Gasteiger partial charge < -0.3 is 31.2 Å². The number of benzene rings is 3. The molecule has 2 aliphatic carbocycles. The van der Waals surface area contributed by atoms with E-state index in [1.807, 2.05) is 14.1 Å². The lowest BCUT2D eigenvalue weighted by Gasteiger charge is -2.32. The lowest BCUT2D eigenvalue weighted by Crippen LogP contribution is -2.48. The summed E-state index contributed by atoms with van der Waals surface area (Å²) >= 11 is 0. The van der Waals surface area contributed by atoms with E-state index in [4.69, 9.17) is 5.73 Å². The summed E-state index contributed by atoms with van der Waals surface area (Å²) in [7, 11) is -0.289. The van der Waals surface area contributed by atoms with Gasteiger partial charge in [-0.2, -0.15) is 13.2 Å². The van der Waals surface area contributed by atoms with E-state index in [1.165, 1.54) is 24.3 Å². The van der Waals surface area contributed by atoms with Crippen LogP contribution in [0.3, 0.4) is 0 Å². The summed E-state index contributed by atoms with van der Waals surface area (Å²) in [5.41, 5.74) is 6.35. The summed E-state index contributed by atoms with van der Waals surface area (Å²) in [6.07, 6.45) is 0.827. The van der Waals surface area contributed by atoms with Crippen LogP contribution in [0.4, 0.5) is 18.9 Å². The molecule has 0 bridgehead atoms. The van der Waals surface area contributed by atoms with E-state index in [0.29, 0.717) is 72.5 Å². The average molecular weight is 820 g/mol. The Hall–Kier alpha value is -4.22. The zero-order valence-electron chi connectivity index (χ0n) is 31.2. The van der Waals surface area contributed by atoms with Crippen LogP contribution in [-0.2, 0) is 32.2 Å². The van der Waals surface area contributed by atoms with Crippen LogP contribution in [0.5, 0.6) is 0 Å². The van der Waals surface area contributed by atoms with Crippen LogP contribution < -0.4 is 26.8 Å². The molecule has 304 valence electrons. The van der Waals surface area contributed by atoms with Crippen LogP contribution in [0.25, 0.3) is 22.2 Å². The largest absolute Gasteiger partial charge is 0.417 e. The summed E-state index contributed by atoms with van der Waals surface area (Å²) in [6, 6.07) is 12.9. The number of anilines is 1. The first-order valence-electron chi connectivity index (χ1n) is 18.6. The van der Waals surface area contributed by atoms with Crippen LogP contribution in [0.2, 0.25) is 0 Å². The molecule has 2 saturated carbocycles. The number of halogens is 4. The number of hydrogen-bond donors (Lipinski definition) is 6. The highest BCUT2D eigenvalue weighted by Gasteiger charge is 2.36. The summed E-state index contributed by atoms with van der Waals surface area (Å²) in [5.74, 6) is -0.716. The van der Waals surface area contributed by atoms with E-state index in [0.717, 1.165) is 25.7 Å². The van der Waals surface area contributed by atoms with Crippen molar-refractivity contribution < 1.29 is 31.2 Å². The van der Waals surface area contributed by atoms with Crippen LogP contribution in [0.15, 0.2) is 70.4 Å². The third-order valence-corrected chi connectivity index (χ3v) is 12.5. The molecule has 2 fully saturated rings. The fraction of sp³-hybridized carbons (Fsp3) is 0.462. The van der Waals surface area contributed by atoms with Crippen molar-refractivity contribution in [1.29, 1.82) is 0 Å². The molecule has 3 aromatic carbocycles. The number of nitrogens with zero attached hydrogens (tertiary/aromatic N) is 1. The Morgan fingerprint density at radius 2 is 1.55 bits per heavy atom. The number of aromatic amines is 2. The van der Waals surface area contributed by atoms with E-state index < -0.39 is 44.3 Å². The van der Waals surface area contributed by atoms with Crippen LogP contribution in [0, 0.1) is 11.8 Å². The number of aromatic nitrogens is 2. The number of rotatable bonds is 12. The van der Waals surface area contributed by atoms with E-state index >= 15 is 0 Å². The summed E-state index contributed by atoms with van der Waals surface area (Å²) in [6.45, 7) is 0.551. The second kappa shape index (κ2) is 17.9. The lowest BCUT2D eigenvalue weighted by molar-refractivity contribution is -0.137. The third-order valence-electron chi connectivity index (χ3n) is 11.0. The summed E-state index contributed by atoms with van der Waals surface area (Å²) in [5, 5.41) is 5.71. The molecule has 0 radical (unpaired) electrons. The molecule has 0 unspecified atom stereocenters. The second-order valence-electron chi connectivity index (χ2n) is 15.0. The Morgan fingerprint density at radius 3 is 2.18 bits per heavy atom. The molecule has 0 aliphatic heterocycles. The molecule has 6 rings (SSSR count). The van der Waals surface area contributed by atoms with E-state index in [1.54, 1.807) is 30.3 Å². The second-order valence-corrected chi connectivity index (χ2v) is 16.8. The minimum absolute atomic E-state index is 0. The number of nitrogens with one attached hydrogen (secondary N) is 5. The molecule has 0 spiro atoms. The van der Waals surface area contributed by atoms with E-state index in [9.17, 15) is 36.0 Å². The fourth-order valence-corrected chi connectivity index (χ4v) is 9.06. The molecule has 1 heterocycles. The Morgan fingerprint density at radius 1 is 0.893 bits per heavy atom. The van der Waals surface area contributed by atoms with Gasteiger partial charge in [0.1, 0.15) is 6.04 Å². The number of H-pyrrole nitrogens is 2. The predicted octanol–water partition coefficient (Wildman–Crippen LogP) is 5.55. The van der Waals surface area contributed by atoms with Crippen molar-refractivity contribution in [2.75, 3.05) is 26.0 Å². The number of imidazole rings is 1. The van der Waals surface area contributed by atoms with Gasteiger partial charge in [-0.1, -0.05) is 30.3 Å². The standard InChI is InChI=1S/C39H48F3N7O5S.ClH/c1-49(2)29-14-11-27(12-15-29)48-55(53,54)30-16-17-31(32(21-30)39(40,41)42)25-7-3-23(4-8-25)19-35(45-36(50)26-9-5-24(22-43)6-10-26)37(51)44-28-13-18-33-34(20-28)47-38(52)46-33;/h3-4,7-8,13,16-18,20-21,24,26-27,29,35,48H,5-6,9-12,14-15,19,22,43H2,1-2H3,(H,44,51)(H,45,50)(H2,46,47,52);1H/t24-,26-,27?,29?,35-;/m0./s1. The van der Waals surface area contributed by atoms with Crippen molar-refractivity contribution in [1.82, 2.24) is 24.9 Å². The number of alkyl halides is 3. The first kappa shape index (κ1) is 42.9. The first-order chi connectivity index (χ1) is 26.1. The van der Waals surface area contributed by atoms with Gasteiger partial charge in [0.25, 0.3) is 0 Å². The highest BCUT2D eigenvalue weighted by Crippen LogP contribution is 2.39. The lowest BCUT2D eigenvalue weighted by atomic mass is 9.81. The quantitative estimate of drug-likeness (QED) is 0.108. The van der Waals surface area contributed by atoms with Gasteiger partial charge in [-0.15, -0.1) is 12.4 Å². The molecular formula is C39H49ClF3N7O5S. The number of fused-ring (bicyclic) bond motifs is 1. The molecular weight excluding hydrogens is 771 g/mol. The van der Waals surface area contributed by atoms with E-state index in [-0.39, 0.29) is 47.8 Å². The minimum atomic E-state index is -4.85. The SMILES string of the molecule is CN(C)C1CCC(NS(=O)(=O)c2ccc(-c3ccc(C[C@H](NC(=O)[C@H]4CC[C@H](CN)CC4)C(=O)Nc4ccc5[nH]c(=O)[nH]c5c4)cc3)c(C(F)(F)F)c2)CC1.Cl. The molecule has 1 atom stereocenters. The van der Waals surface area contributed by atoms with Gasteiger partial charge in [0.05, 0.1) is 21.5 Å². The number of carbonyl (C=O) groups excluding carboxylic acids is 2. The predicted molar refractivity (Wildman–Crippen MR) is 212 cm³/mol. The van der Waals surface area contributed by atoms with Gasteiger partial charge in [-0.3, -0.25) is 9.59 Å². The Balaban J connectivity index is 0.00000600. The molecule has 0 saturated heterocycles. The Labute approximate surface area is 330 Å². The monoisotopic (exact) mass is 819 g/mol. The third kappa shape index (κ3) is 10.4. The highest BCUT2D eigenvalue weighted by molar-refractivity contribution is 7.89. The minimum Gasteiger partial charge on any atom is -0.344 e. The zero-order chi connectivity index (χ0) is 39.5. The number of amides is 2. The van der Waals surface area contributed by atoms with Gasteiger partial charge in [0.15, 0.2) is 0 Å². The number of sulfonamides is 1. The average Bonchev–Trinajstić information content (AvgIpc) is 3.53. The Kier molecular flexibility index (Phi) is 13.7. The molecule has 7 N–H and O–H groups in total. The van der Waals surface area contributed by atoms with E-state index in [2.05, 4.69) is 30.2 Å². The van der Waals surface area contributed by atoms with Gasteiger partial charge in [0, 0.05) is 30.1 Å². The number of hydrogen-bond acceptors (Lipinski definition) is 7. The maximum absolute atomic E-state index is 14.5. The van der Waals surface area contributed by atoms with Gasteiger partial charge in [-0.05, 0) is 125 Å². The van der Waals surface area contributed by atoms with Crippen molar-refractivity contribution in [3.05, 3.63) is 82.3 Å². The molecule has 12 nitrogen and oxygen atoms in total. The van der Waals surface area contributed by atoms with Crippen LogP contribution >= 0.6 is 12.4 Å². The summed E-state index contributed by atoms with van der Waals surface area (Å²) < 4.78 is 72.5. The van der Waals surface area contributed by atoms with Crippen molar-refractivity contribution >= 4 is 51.0 Å². The maximum Gasteiger partial charge on any atom is 0.417 e. The summed E-state index contributed by atoms with van der Waals surface area (Å²) in [4.78, 5) is 45.8. The topological polar surface area (TPSA) is 182 Å².